The molecule has 1 N–H and O–H groups in total. The summed E-state index contributed by atoms with van der Waals surface area (Å²) in [5, 5.41) is 2.79. The van der Waals surface area contributed by atoms with Crippen molar-refractivity contribution in [2.75, 3.05) is 20.1 Å². The number of hydrogen-bond acceptors (Lipinski definition) is 3. The van der Waals surface area contributed by atoms with Crippen molar-refractivity contribution in [3.05, 3.63) is 35.4 Å². The van der Waals surface area contributed by atoms with Gasteiger partial charge in [0.15, 0.2) is 0 Å². The van der Waals surface area contributed by atoms with Crippen LogP contribution in [0.25, 0.3) is 0 Å². The fourth-order valence-corrected chi connectivity index (χ4v) is 3.51. The predicted octanol–water partition coefficient (Wildman–Crippen LogP) is 1.47. The minimum atomic E-state index is -0.806. The van der Waals surface area contributed by atoms with Crippen LogP contribution < -0.4 is 5.32 Å². The summed E-state index contributed by atoms with van der Waals surface area (Å²) < 4.78 is 0. The standard InChI is InChI=1S/C18H23N3O3/c1-13-4-3-5-14(12-13)6-7-15(22)21-10-8-18(9-11-21)16(23)20(2)17(24)19-18/h3-5,12H,6-11H2,1-2H3,(H,19,24). The van der Waals surface area contributed by atoms with Crippen molar-refractivity contribution in [2.24, 2.45) is 0 Å². The van der Waals surface area contributed by atoms with E-state index in [1.165, 1.54) is 12.6 Å². The van der Waals surface area contributed by atoms with Crippen LogP contribution in [0.2, 0.25) is 0 Å². The van der Waals surface area contributed by atoms with E-state index in [-0.39, 0.29) is 17.8 Å². The van der Waals surface area contributed by atoms with E-state index in [9.17, 15) is 14.4 Å². The molecule has 0 aromatic heterocycles. The highest BCUT2D eigenvalue weighted by Crippen LogP contribution is 2.29. The summed E-state index contributed by atoms with van der Waals surface area (Å²) >= 11 is 0. The van der Waals surface area contributed by atoms with Crippen LogP contribution in [-0.2, 0) is 16.0 Å². The molecule has 0 unspecified atom stereocenters. The van der Waals surface area contributed by atoms with E-state index in [1.54, 1.807) is 4.90 Å². The van der Waals surface area contributed by atoms with Crippen LogP contribution in [0.5, 0.6) is 0 Å². The SMILES string of the molecule is Cc1cccc(CCC(=O)N2CCC3(CC2)NC(=O)N(C)C3=O)c1. The lowest BCUT2D eigenvalue weighted by atomic mass is 9.87. The third-order valence-corrected chi connectivity index (χ3v) is 5.04. The average molecular weight is 329 g/mol. The fraction of sp³-hybridized carbons (Fsp3) is 0.500. The Morgan fingerprint density at radius 1 is 1.25 bits per heavy atom. The van der Waals surface area contributed by atoms with Crippen molar-refractivity contribution in [3.63, 3.8) is 0 Å². The zero-order valence-electron chi connectivity index (χ0n) is 14.2. The second kappa shape index (κ2) is 6.26. The molecule has 3 rings (SSSR count). The summed E-state index contributed by atoms with van der Waals surface area (Å²) in [4.78, 5) is 39.3. The maximum atomic E-state index is 12.4. The number of likely N-dealkylation sites (N-methyl/N-ethyl adjacent to an activating group) is 1. The Balaban J connectivity index is 1.54. The van der Waals surface area contributed by atoms with E-state index in [2.05, 4.69) is 11.4 Å². The summed E-state index contributed by atoms with van der Waals surface area (Å²) in [5.41, 5.74) is 1.55. The number of carbonyl (C=O) groups is 3. The first-order valence-corrected chi connectivity index (χ1v) is 8.35. The highest BCUT2D eigenvalue weighted by atomic mass is 16.2. The smallest absolute Gasteiger partial charge is 0.324 e. The Bertz CT molecular complexity index is 678. The number of aryl methyl sites for hydroxylation is 2. The molecule has 0 saturated carbocycles. The van der Waals surface area contributed by atoms with Gasteiger partial charge in [0, 0.05) is 26.6 Å². The highest BCUT2D eigenvalue weighted by Gasteiger charge is 2.51. The third kappa shape index (κ3) is 3.00. The van der Waals surface area contributed by atoms with E-state index in [0.29, 0.717) is 32.4 Å². The zero-order valence-corrected chi connectivity index (χ0v) is 14.2. The molecule has 24 heavy (non-hydrogen) atoms. The Kier molecular flexibility index (Phi) is 4.30. The molecule has 2 saturated heterocycles. The second-order valence-electron chi connectivity index (χ2n) is 6.75. The number of nitrogens with one attached hydrogen (secondary N) is 1. The minimum Gasteiger partial charge on any atom is -0.342 e. The van der Waals surface area contributed by atoms with E-state index in [4.69, 9.17) is 0 Å². The normalized spacial score (nSPS) is 19.8. The van der Waals surface area contributed by atoms with Crippen LogP contribution in [0.3, 0.4) is 0 Å². The molecule has 128 valence electrons. The number of carbonyl (C=O) groups excluding carboxylic acids is 3. The van der Waals surface area contributed by atoms with Crippen molar-refractivity contribution >= 4 is 17.8 Å². The number of benzene rings is 1. The summed E-state index contributed by atoms with van der Waals surface area (Å²) in [5.74, 6) is -0.0733. The van der Waals surface area contributed by atoms with Crippen LogP contribution in [0.4, 0.5) is 4.79 Å². The second-order valence-corrected chi connectivity index (χ2v) is 6.75. The maximum Gasteiger partial charge on any atom is 0.324 e. The average Bonchev–Trinajstić information content (AvgIpc) is 2.78. The van der Waals surface area contributed by atoms with E-state index in [1.807, 2.05) is 25.1 Å². The van der Waals surface area contributed by atoms with Crippen molar-refractivity contribution in [2.45, 2.75) is 38.1 Å². The summed E-state index contributed by atoms with van der Waals surface area (Å²) in [6, 6.07) is 7.83. The first-order valence-electron chi connectivity index (χ1n) is 8.35. The first kappa shape index (κ1) is 16.5. The summed E-state index contributed by atoms with van der Waals surface area (Å²) in [7, 11) is 1.49. The van der Waals surface area contributed by atoms with Crippen molar-refractivity contribution < 1.29 is 14.4 Å². The number of rotatable bonds is 3. The first-order chi connectivity index (χ1) is 11.4. The van der Waals surface area contributed by atoms with Gasteiger partial charge >= 0.3 is 6.03 Å². The molecule has 2 fully saturated rings. The Morgan fingerprint density at radius 3 is 2.54 bits per heavy atom. The van der Waals surface area contributed by atoms with Crippen LogP contribution in [-0.4, -0.2) is 53.3 Å². The van der Waals surface area contributed by atoms with Gasteiger partial charge in [0.25, 0.3) is 5.91 Å². The van der Waals surface area contributed by atoms with Gasteiger partial charge in [-0.1, -0.05) is 29.8 Å². The molecule has 1 aromatic rings. The molecule has 2 aliphatic heterocycles. The molecule has 4 amide bonds. The van der Waals surface area contributed by atoms with Gasteiger partial charge in [-0.25, -0.2) is 4.79 Å². The predicted molar refractivity (Wildman–Crippen MR) is 89.3 cm³/mol. The molecule has 2 heterocycles. The molecule has 1 aromatic carbocycles. The van der Waals surface area contributed by atoms with Gasteiger partial charge in [0.1, 0.15) is 5.54 Å². The number of piperidine rings is 1. The van der Waals surface area contributed by atoms with Crippen molar-refractivity contribution in [1.82, 2.24) is 15.1 Å². The third-order valence-electron chi connectivity index (χ3n) is 5.04. The number of likely N-dealkylation sites (tertiary alicyclic amines) is 1. The van der Waals surface area contributed by atoms with Gasteiger partial charge in [-0.15, -0.1) is 0 Å². The quantitative estimate of drug-likeness (QED) is 0.854. The minimum absolute atomic E-state index is 0.108. The highest BCUT2D eigenvalue weighted by molar-refractivity contribution is 6.06. The van der Waals surface area contributed by atoms with Gasteiger partial charge in [0.05, 0.1) is 0 Å². The van der Waals surface area contributed by atoms with Crippen molar-refractivity contribution in [3.8, 4) is 0 Å². The molecule has 0 aliphatic carbocycles. The van der Waals surface area contributed by atoms with Gasteiger partial charge in [-0.05, 0) is 31.7 Å². The largest absolute Gasteiger partial charge is 0.342 e. The van der Waals surface area contributed by atoms with Crippen LogP contribution in [0, 0.1) is 6.92 Å². The molecular weight excluding hydrogens is 306 g/mol. The number of hydrogen-bond donors (Lipinski definition) is 1. The molecule has 0 bridgehead atoms. The molecule has 2 aliphatic rings. The lowest BCUT2D eigenvalue weighted by molar-refractivity contribution is -0.138. The Labute approximate surface area is 141 Å². The number of urea groups is 1. The Morgan fingerprint density at radius 2 is 1.96 bits per heavy atom. The molecule has 6 heteroatoms. The van der Waals surface area contributed by atoms with Gasteiger partial charge in [-0.3, -0.25) is 14.5 Å². The molecule has 1 spiro atoms. The number of amides is 4. The number of nitrogens with zero attached hydrogens (tertiary/aromatic N) is 2. The van der Waals surface area contributed by atoms with Gasteiger partial charge in [0.2, 0.25) is 5.91 Å². The lowest BCUT2D eigenvalue weighted by Gasteiger charge is -2.37. The Hall–Kier alpha value is -2.37. The summed E-state index contributed by atoms with van der Waals surface area (Å²) in [6.07, 6.45) is 2.16. The van der Waals surface area contributed by atoms with E-state index < -0.39 is 5.54 Å². The van der Waals surface area contributed by atoms with Crippen LogP contribution in [0.15, 0.2) is 24.3 Å². The zero-order chi connectivity index (χ0) is 17.3. The van der Waals surface area contributed by atoms with Crippen molar-refractivity contribution in [1.29, 1.82) is 0 Å². The monoisotopic (exact) mass is 329 g/mol. The van der Waals surface area contributed by atoms with Crippen LogP contribution >= 0.6 is 0 Å². The maximum absolute atomic E-state index is 12.4. The molecular formula is C18H23N3O3. The fourth-order valence-electron chi connectivity index (χ4n) is 3.51. The molecule has 0 radical (unpaired) electrons. The lowest BCUT2D eigenvalue weighted by Crippen LogP contribution is -2.55. The van der Waals surface area contributed by atoms with Gasteiger partial charge in [-0.2, -0.15) is 0 Å². The van der Waals surface area contributed by atoms with Crippen LogP contribution in [0.1, 0.15) is 30.4 Å². The number of imide groups is 1. The van der Waals surface area contributed by atoms with E-state index in [0.717, 1.165) is 16.9 Å². The van der Waals surface area contributed by atoms with Gasteiger partial charge < -0.3 is 10.2 Å². The molecule has 0 atom stereocenters. The topological polar surface area (TPSA) is 69.7 Å². The molecule has 6 nitrogen and oxygen atoms in total. The van der Waals surface area contributed by atoms with E-state index >= 15 is 0 Å². The summed E-state index contributed by atoms with van der Waals surface area (Å²) in [6.45, 7) is 3.05.